The summed E-state index contributed by atoms with van der Waals surface area (Å²) in [4.78, 5) is 25.8. The van der Waals surface area contributed by atoms with Crippen LogP contribution in [0.4, 0.5) is 0 Å². The molecule has 1 amide bonds. The monoisotopic (exact) mass is 242 g/mol. The first-order valence-corrected chi connectivity index (χ1v) is 6.11. The van der Waals surface area contributed by atoms with Crippen molar-refractivity contribution in [1.82, 2.24) is 9.80 Å². The molecule has 1 saturated heterocycles. The Balaban J connectivity index is 2.46. The molecule has 17 heavy (non-hydrogen) atoms. The number of hydrogen-bond acceptors (Lipinski definition) is 3. The summed E-state index contributed by atoms with van der Waals surface area (Å²) in [6, 6.07) is 0.220. The lowest BCUT2D eigenvalue weighted by Gasteiger charge is -2.27. The highest BCUT2D eigenvalue weighted by Gasteiger charge is 2.27. The van der Waals surface area contributed by atoms with E-state index in [1.807, 2.05) is 23.6 Å². The van der Waals surface area contributed by atoms with Crippen LogP contribution in [0.3, 0.4) is 0 Å². The molecular weight excluding hydrogens is 220 g/mol. The summed E-state index contributed by atoms with van der Waals surface area (Å²) in [6.07, 6.45) is 0.975. The van der Waals surface area contributed by atoms with Gasteiger partial charge in [0.1, 0.15) is 0 Å². The molecule has 5 nitrogen and oxygen atoms in total. The van der Waals surface area contributed by atoms with Gasteiger partial charge in [0.15, 0.2) is 0 Å². The van der Waals surface area contributed by atoms with E-state index in [4.69, 9.17) is 5.11 Å². The third kappa shape index (κ3) is 4.34. The van der Waals surface area contributed by atoms with Gasteiger partial charge in [0.25, 0.3) is 0 Å². The number of rotatable bonds is 5. The fraction of sp³-hybridized carbons (Fsp3) is 0.833. The average Bonchev–Trinajstić information content (AvgIpc) is 2.64. The van der Waals surface area contributed by atoms with E-state index in [0.29, 0.717) is 5.92 Å². The number of carboxylic acids is 1. The van der Waals surface area contributed by atoms with Crippen molar-refractivity contribution in [3.8, 4) is 0 Å². The van der Waals surface area contributed by atoms with Gasteiger partial charge in [-0.1, -0.05) is 0 Å². The summed E-state index contributed by atoms with van der Waals surface area (Å²) >= 11 is 0. The molecule has 1 unspecified atom stereocenters. The molecule has 0 aliphatic carbocycles. The lowest BCUT2D eigenvalue weighted by molar-refractivity contribution is -0.139. The predicted octanol–water partition coefficient (Wildman–Crippen LogP) is 0.650. The van der Waals surface area contributed by atoms with Crippen LogP contribution in [-0.2, 0) is 9.59 Å². The summed E-state index contributed by atoms with van der Waals surface area (Å²) in [5.41, 5.74) is 0. The minimum absolute atomic E-state index is 0.0776. The minimum Gasteiger partial charge on any atom is -0.480 e. The summed E-state index contributed by atoms with van der Waals surface area (Å²) < 4.78 is 0. The molecular formula is C12H22N2O3. The van der Waals surface area contributed by atoms with Crippen molar-refractivity contribution in [3.63, 3.8) is 0 Å². The van der Waals surface area contributed by atoms with Crippen LogP contribution in [0.1, 0.15) is 27.2 Å². The first-order valence-electron chi connectivity index (χ1n) is 6.11. The fourth-order valence-electron chi connectivity index (χ4n) is 2.23. The first-order chi connectivity index (χ1) is 7.90. The lowest BCUT2D eigenvalue weighted by atomic mass is 10.1. The van der Waals surface area contributed by atoms with Crippen LogP contribution < -0.4 is 0 Å². The molecule has 0 aromatic heterocycles. The fourth-order valence-corrected chi connectivity index (χ4v) is 2.23. The van der Waals surface area contributed by atoms with E-state index in [2.05, 4.69) is 0 Å². The summed E-state index contributed by atoms with van der Waals surface area (Å²) in [5.74, 6) is -0.275. The van der Waals surface area contributed by atoms with Gasteiger partial charge in [-0.3, -0.25) is 14.5 Å². The van der Waals surface area contributed by atoms with Gasteiger partial charge in [0.05, 0.1) is 6.54 Å². The van der Waals surface area contributed by atoms with Gasteiger partial charge < -0.3 is 10.0 Å². The topological polar surface area (TPSA) is 60.9 Å². The van der Waals surface area contributed by atoms with Crippen molar-refractivity contribution in [1.29, 1.82) is 0 Å². The van der Waals surface area contributed by atoms with Crippen LogP contribution in [0.25, 0.3) is 0 Å². The van der Waals surface area contributed by atoms with E-state index in [0.717, 1.165) is 26.1 Å². The number of carbonyl (C=O) groups is 2. The number of amides is 1. The van der Waals surface area contributed by atoms with E-state index in [-0.39, 0.29) is 18.5 Å². The number of nitrogens with zero attached hydrogens (tertiary/aromatic N) is 2. The Kier molecular flexibility index (Phi) is 4.93. The summed E-state index contributed by atoms with van der Waals surface area (Å²) in [6.45, 7) is 7.99. The van der Waals surface area contributed by atoms with Crippen molar-refractivity contribution in [2.24, 2.45) is 5.92 Å². The quantitative estimate of drug-likeness (QED) is 0.769. The third-order valence-corrected chi connectivity index (χ3v) is 3.29. The molecule has 0 spiro atoms. The standard InChI is InChI=1S/C12H22N2O3/c1-9(2)14(8-12(16)17)7-11-4-5-13(6-11)10(3)15/h9,11H,4-8H2,1-3H3,(H,16,17). The van der Waals surface area contributed by atoms with E-state index < -0.39 is 5.97 Å². The molecule has 0 saturated carbocycles. The summed E-state index contributed by atoms with van der Waals surface area (Å²) in [5, 5.41) is 8.84. The van der Waals surface area contributed by atoms with Gasteiger partial charge >= 0.3 is 5.97 Å². The Bertz CT molecular complexity index is 291. The number of aliphatic carboxylic acids is 1. The molecule has 1 rings (SSSR count). The minimum atomic E-state index is -0.792. The highest BCUT2D eigenvalue weighted by Crippen LogP contribution is 2.18. The van der Waals surface area contributed by atoms with Crippen molar-refractivity contribution in [2.75, 3.05) is 26.2 Å². The van der Waals surface area contributed by atoms with Gasteiger partial charge in [-0.25, -0.2) is 0 Å². The second-order valence-corrected chi connectivity index (χ2v) is 5.04. The molecule has 98 valence electrons. The van der Waals surface area contributed by atoms with Crippen LogP contribution in [-0.4, -0.2) is 59.0 Å². The second-order valence-electron chi connectivity index (χ2n) is 5.04. The Morgan fingerprint density at radius 1 is 1.47 bits per heavy atom. The lowest BCUT2D eigenvalue weighted by Crippen LogP contribution is -2.40. The van der Waals surface area contributed by atoms with Crippen LogP contribution >= 0.6 is 0 Å². The molecule has 1 fully saturated rings. The molecule has 0 aromatic carbocycles. The zero-order chi connectivity index (χ0) is 13.0. The van der Waals surface area contributed by atoms with E-state index in [1.54, 1.807) is 6.92 Å². The van der Waals surface area contributed by atoms with Gasteiger partial charge in [0, 0.05) is 32.6 Å². The van der Waals surface area contributed by atoms with Gasteiger partial charge in [-0.2, -0.15) is 0 Å². The van der Waals surface area contributed by atoms with E-state index >= 15 is 0 Å². The molecule has 0 radical (unpaired) electrons. The van der Waals surface area contributed by atoms with Crippen molar-refractivity contribution >= 4 is 11.9 Å². The zero-order valence-electron chi connectivity index (χ0n) is 10.8. The normalized spacial score (nSPS) is 20.3. The average molecular weight is 242 g/mol. The Hall–Kier alpha value is -1.10. The molecule has 1 N–H and O–H groups in total. The summed E-state index contributed by atoms with van der Waals surface area (Å²) in [7, 11) is 0. The largest absolute Gasteiger partial charge is 0.480 e. The number of likely N-dealkylation sites (tertiary alicyclic amines) is 1. The third-order valence-electron chi connectivity index (χ3n) is 3.29. The van der Waals surface area contributed by atoms with Crippen molar-refractivity contribution in [2.45, 2.75) is 33.2 Å². The van der Waals surface area contributed by atoms with Crippen molar-refractivity contribution < 1.29 is 14.7 Å². The number of carboxylic acid groups (broad SMARTS) is 1. The van der Waals surface area contributed by atoms with Gasteiger partial charge in [-0.05, 0) is 26.2 Å². The molecule has 5 heteroatoms. The predicted molar refractivity (Wildman–Crippen MR) is 64.7 cm³/mol. The molecule has 0 aromatic rings. The molecule has 1 aliphatic heterocycles. The molecule has 1 atom stereocenters. The first kappa shape index (κ1) is 14.0. The highest BCUT2D eigenvalue weighted by molar-refractivity contribution is 5.73. The molecule has 1 aliphatic rings. The second kappa shape index (κ2) is 6.00. The maximum Gasteiger partial charge on any atom is 0.317 e. The SMILES string of the molecule is CC(=O)N1CCC(CN(CC(=O)O)C(C)C)C1. The van der Waals surface area contributed by atoms with Gasteiger partial charge in [0.2, 0.25) is 5.91 Å². The van der Waals surface area contributed by atoms with Crippen LogP contribution in [0.15, 0.2) is 0 Å². The Morgan fingerprint density at radius 2 is 2.12 bits per heavy atom. The van der Waals surface area contributed by atoms with Crippen LogP contribution in [0.2, 0.25) is 0 Å². The van der Waals surface area contributed by atoms with Crippen LogP contribution in [0.5, 0.6) is 0 Å². The maximum atomic E-state index is 11.2. The Labute approximate surface area is 102 Å². The number of carbonyl (C=O) groups excluding carboxylic acids is 1. The van der Waals surface area contributed by atoms with Crippen LogP contribution in [0, 0.1) is 5.92 Å². The van der Waals surface area contributed by atoms with Gasteiger partial charge in [-0.15, -0.1) is 0 Å². The Morgan fingerprint density at radius 3 is 2.53 bits per heavy atom. The smallest absolute Gasteiger partial charge is 0.317 e. The zero-order valence-corrected chi connectivity index (χ0v) is 10.8. The highest BCUT2D eigenvalue weighted by atomic mass is 16.4. The maximum absolute atomic E-state index is 11.2. The van der Waals surface area contributed by atoms with E-state index in [1.165, 1.54) is 0 Å². The van der Waals surface area contributed by atoms with Crippen molar-refractivity contribution in [3.05, 3.63) is 0 Å². The molecule has 1 heterocycles. The molecule has 0 bridgehead atoms. The number of hydrogen-bond donors (Lipinski definition) is 1. The van der Waals surface area contributed by atoms with E-state index in [9.17, 15) is 9.59 Å².